The maximum Gasteiger partial charge on any atom is 0.264 e. The van der Waals surface area contributed by atoms with Crippen LogP contribution < -0.4 is 15.5 Å². The first-order chi connectivity index (χ1) is 11.5. The number of nitrogen functional groups attached to an aromatic ring is 1. The molecule has 126 valence electrons. The fraction of sp³-hybridized carbons (Fsp3) is 0.214. The maximum atomic E-state index is 12.5. The zero-order chi connectivity index (χ0) is 17.3. The van der Waals surface area contributed by atoms with E-state index in [1.165, 1.54) is 10.8 Å². The van der Waals surface area contributed by atoms with Gasteiger partial charge in [0.05, 0.1) is 12.2 Å². The minimum absolute atomic E-state index is 0.133. The molecule has 2 N–H and O–H groups in total. The number of hydrogen-bond acceptors (Lipinski definition) is 7. The summed E-state index contributed by atoms with van der Waals surface area (Å²) in [6.07, 6.45) is 3.27. The summed E-state index contributed by atoms with van der Waals surface area (Å²) in [4.78, 5) is 21.1. The number of nitrogens with zero attached hydrogens (tertiary/aromatic N) is 4. The summed E-state index contributed by atoms with van der Waals surface area (Å²) in [5, 5.41) is 0. The molecule has 0 aromatic carbocycles. The molecule has 0 aliphatic rings. The summed E-state index contributed by atoms with van der Waals surface area (Å²) in [5.41, 5.74) is 6.71. The van der Waals surface area contributed by atoms with Crippen molar-refractivity contribution in [1.29, 1.82) is 0 Å². The van der Waals surface area contributed by atoms with Crippen LogP contribution in [0.5, 0.6) is 5.88 Å². The highest BCUT2D eigenvalue weighted by Crippen LogP contribution is 2.31. The van der Waals surface area contributed by atoms with Crippen LogP contribution in [0.3, 0.4) is 0 Å². The van der Waals surface area contributed by atoms with Crippen molar-refractivity contribution in [3.8, 4) is 17.1 Å². The highest BCUT2D eigenvalue weighted by molar-refractivity contribution is 14.1. The van der Waals surface area contributed by atoms with Gasteiger partial charge in [0, 0.05) is 23.0 Å². The minimum Gasteiger partial charge on any atom is -0.379 e. The van der Waals surface area contributed by atoms with Crippen LogP contribution in [-0.2, 0) is 11.2 Å². The van der Waals surface area contributed by atoms with Gasteiger partial charge in [0.15, 0.2) is 0 Å². The SMILES string of the molecule is CCOSOc1c(-c2cnc(N)n(C)c2=O)nc2ccc(I)cn12. The number of imidazole rings is 1. The number of hydrogen-bond donors (Lipinski definition) is 1. The Labute approximate surface area is 155 Å². The molecule has 0 saturated carbocycles. The van der Waals surface area contributed by atoms with Gasteiger partial charge in [-0.05, 0) is 41.6 Å². The summed E-state index contributed by atoms with van der Waals surface area (Å²) < 4.78 is 14.9. The van der Waals surface area contributed by atoms with Gasteiger partial charge in [0.25, 0.3) is 5.56 Å². The first-order valence-corrected chi connectivity index (χ1v) is 8.73. The second-order valence-corrected chi connectivity index (χ2v) is 6.58. The average Bonchev–Trinajstić information content (AvgIpc) is 2.91. The molecular formula is C14H14IN5O3S. The van der Waals surface area contributed by atoms with E-state index < -0.39 is 0 Å². The third-order valence-corrected chi connectivity index (χ3v) is 4.47. The fourth-order valence-electron chi connectivity index (χ4n) is 2.08. The van der Waals surface area contributed by atoms with Gasteiger partial charge in [-0.1, -0.05) is 0 Å². The fourth-order valence-corrected chi connectivity index (χ4v) is 2.90. The zero-order valence-corrected chi connectivity index (χ0v) is 15.9. The Balaban J connectivity index is 2.21. The van der Waals surface area contributed by atoms with E-state index in [0.29, 0.717) is 29.4 Å². The van der Waals surface area contributed by atoms with Gasteiger partial charge in [0.2, 0.25) is 24.2 Å². The number of fused-ring (bicyclic) bond motifs is 1. The minimum atomic E-state index is -0.299. The lowest BCUT2D eigenvalue weighted by Crippen LogP contribution is -2.22. The number of pyridine rings is 1. The van der Waals surface area contributed by atoms with Crippen LogP contribution in [0.25, 0.3) is 16.9 Å². The summed E-state index contributed by atoms with van der Waals surface area (Å²) >= 11 is 3.03. The molecule has 0 atom stereocenters. The van der Waals surface area contributed by atoms with Crippen molar-refractivity contribution in [2.24, 2.45) is 7.05 Å². The molecule has 0 fully saturated rings. The zero-order valence-electron chi connectivity index (χ0n) is 12.9. The Morgan fingerprint density at radius 1 is 1.42 bits per heavy atom. The van der Waals surface area contributed by atoms with Gasteiger partial charge >= 0.3 is 0 Å². The number of halogens is 1. The monoisotopic (exact) mass is 459 g/mol. The van der Waals surface area contributed by atoms with Crippen LogP contribution in [-0.4, -0.2) is 25.5 Å². The predicted molar refractivity (Wildman–Crippen MR) is 101 cm³/mol. The van der Waals surface area contributed by atoms with Crippen molar-refractivity contribution in [1.82, 2.24) is 18.9 Å². The quantitative estimate of drug-likeness (QED) is 0.355. The van der Waals surface area contributed by atoms with E-state index in [2.05, 4.69) is 32.6 Å². The smallest absolute Gasteiger partial charge is 0.264 e. The topological polar surface area (TPSA) is 96.7 Å². The van der Waals surface area contributed by atoms with Crippen LogP contribution in [0, 0.1) is 3.57 Å². The Bertz CT molecular complexity index is 955. The number of aromatic nitrogens is 4. The first-order valence-electron chi connectivity index (χ1n) is 6.98. The van der Waals surface area contributed by atoms with E-state index in [-0.39, 0.29) is 11.5 Å². The molecule has 0 aliphatic carbocycles. The normalized spacial score (nSPS) is 11.1. The molecule has 10 heteroatoms. The lowest BCUT2D eigenvalue weighted by Gasteiger charge is -2.07. The van der Waals surface area contributed by atoms with E-state index in [0.717, 1.165) is 15.9 Å². The third kappa shape index (κ3) is 3.08. The summed E-state index contributed by atoms with van der Waals surface area (Å²) in [6.45, 7) is 2.34. The van der Waals surface area contributed by atoms with Gasteiger partial charge in [-0.25, -0.2) is 9.97 Å². The summed E-state index contributed by atoms with van der Waals surface area (Å²) in [6, 6.07) is 3.77. The maximum absolute atomic E-state index is 12.5. The molecular weight excluding hydrogens is 445 g/mol. The van der Waals surface area contributed by atoms with Crippen molar-refractivity contribution in [3.63, 3.8) is 0 Å². The molecule has 3 heterocycles. The highest BCUT2D eigenvalue weighted by Gasteiger charge is 2.20. The third-order valence-electron chi connectivity index (χ3n) is 3.28. The van der Waals surface area contributed by atoms with E-state index in [4.69, 9.17) is 14.1 Å². The number of rotatable bonds is 5. The molecule has 0 unspecified atom stereocenters. The van der Waals surface area contributed by atoms with Crippen molar-refractivity contribution < 1.29 is 8.37 Å². The van der Waals surface area contributed by atoms with E-state index in [1.807, 2.05) is 25.3 Å². The van der Waals surface area contributed by atoms with Gasteiger partial charge in [0.1, 0.15) is 11.3 Å². The van der Waals surface area contributed by atoms with Gasteiger partial charge < -0.3 is 9.92 Å². The Hall–Kier alpha value is -1.79. The largest absolute Gasteiger partial charge is 0.379 e. The molecule has 0 bridgehead atoms. The summed E-state index contributed by atoms with van der Waals surface area (Å²) in [7, 11) is 1.56. The van der Waals surface area contributed by atoms with Crippen molar-refractivity contribution in [3.05, 3.63) is 38.5 Å². The number of anilines is 1. The second-order valence-electron chi connectivity index (χ2n) is 4.79. The Morgan fingerprint density at radius 2 is 2.21 bits per heavy atom. The predicted octanol–water partition coefficient (Wildman–Crippen LogP) is 2.26. The van der Waals surface area contributed by atoms with E-state index >= 15 is 0 Å². The Kier molecular flexibility index (Phi) is 4.96. The van der Waals surface area contributed by atoms with Crippen LogP contribution in [0.1, 0.15) is 6.92 Å². The van der Waals surface area contributed by atoms with Crippen molar-refractivity contribution >= 4 is 46.5 Å². The Morgan fingerprint density at radius 3 is 2.96 bits per heavy atom. The van der Waals surface area contributed by atoms with Crippen LogP contribution in [0.15, 0.2) is 29.3 Å². The molecule has 3 aromatic heterocycles. The van der Waals surface area contributed by atoms with Crippen LogP contribution >= 0.6 is 34.9 Å². The van der Waals surface area contributed by atoms with Crippen LogP contribution in [0.4, 0.5) is 5.95 Å². The molecule has 0 radical (unpaired) electrons. The van der Waals surface area contributed by atoms with Gasteiger partial charge in [-0.15, -0.1) is 0 Å². The lowest BCUT2D eigenvalue weighted by atomic mass is 10.2. The molecule has 0 spiro atoms. The molecule has 3 rings (SSSR count). The molecule has 0 saturated heterocycles. The van der Waals surface area contributed by atoms with Crippen LogP contribution in [0.2, 0.25) is 0 Å². The van der Waals surface area contributed by atoms with E-state index in [9.17, 15) is 4.79 Å². The summed E-state index contributed by atoms with van der Waals surface area (Å²) in [5.74, 6) is 0.527. The van der Waals surface area contributed by atoms with Gasteiger partial charge in [-0.3, -0.25) is 17.9 Å². The lowest BCUT2D eigenvalue weighted by molar-refractivity contribution is 0.367. The molecule has 24 heavy (non-hydrogen) atoms. The molecule has 0 aliphatic heterocycles. The molecule has 3 aromatic rings. The average molecular weight is 459 g/mol. The van der Waals surface area contributed by atoms with E-state index in [1.54, 1.807) is 11.4 Å². The van der Waals surface area contributed by atoms with Crippen molar-refractivity contribution in [2.75, 3.05) is 12.3 Å². The van der Waals surface area contributed by atoms with Crippen molar-refractivity contribution in [2.45, 2.75) is 6.92 Å². The highest BCUT2D eigenvalue weighted by atomic mass is 127. The second kappa shape index (κ2) is 6.99. The van der Waals surface area contributed by atoms with Gasteiger partial charge in [-0.2, -0.15) is 0 Å². The molecule has 8 nitrogen and oxygen atoms in total. The molecule has 0 amide bonds. The first kappa shape index (κ1) is 17.0. The number of nitrogens with two attached hydrogens (primary N) is 1. The standard InChI is InChI=1S/C14H14IN5O3S/c1-3-22-24-23-13-11(9-6-17-14(16)19(2)12(9)21)18-10-5-4-8(15)7-20(10)13/h4-7H,3H2,1-2H3,(H2,16,17).